The first-order valence-electron chi connectivity index (χ1n) is 8.88. The molecule has 0 aromatic carbocycles. The van der Waals surface area contributed by atoms with Gasteiger partial charge < -0.3 is 9.64 Å². The van der Waals surface area contributed by atoms with Crippen molar-refractivity contribution in [2.24, 2.45) is 13.0 Å². The fraction of sp³-hybridized carbons (Fsp3) is 0.611. The normalized spacial score (nSPS) is 22.9. The van der Waals surface area contributed by atoms with Crippen LogP contribution < -0.4 is 0 Å². The molecule has 2 aliphatic heterocycles. The second-order valence-corrected chi connectivity index (χ2v) is 6.89. The van der Waals surface area contributed by atoms with Crippen LogP contribution in [-0.2, 0) is 16.6 Å². The Labute approximate surface area is 141 Å². The number of rotatable bonds is 2. The van der Waals surface area contributed by atoms with Crippen molar-refractivity contribution in [2.75, 3.05) is 26.3 Å². The molecule has 2 fully saturated rings. The molecule has 2 aromatic heterocycles. The van der Waals surface area contributed by atoms with Crippen molar-refractivity contribution in [3.8, 4) is 0 Å². The SMILES string of the molecule is Cn1nc([C@@H]2CCCN(C(=O)C3CCOCC3)C2)c2cccnc21. The molecule has 0 radical (unpaired) electrons. The van der Waals surface area contributed by atoms with Gasteiger partial charge in [0.25, 0.3) is 0 Å². The number of nitrogens with zero attached hydrogens (tertiary/aromatic N) is 4. The molecule has 0 aliphatic carbocycles. The van der Waals surface area contributed by atoms with Crippen LogP contribution in [0.5, 0.6) is 0 Å². The Morgan fingerprint density at radius 3 is 2.96 bits per heavy atom. The fourth-order valence-electron chi connectivity index (χ4n) is 4.02. The number of aryl methyl sites for hydroxylation is 1. The van der Waals surface area contributed by atoms with E-state index in [2.05, 4.69) is 16.0 Å². The minimum absolute atomic E-state index is 0.139. The summed E-state index contributed by atoms with van der Waals surface area (Å²) < 4.78 is 7.24. The van der Waals surface area contributed by atoms with Gasteiger partial charge in [0.1, 0.15) is 0 Å². The molecule has 1 amide bonds. The van der Waals surface area contributed by atoms with Crippen LogP contribution in [-0.4, -0.2) is 51.9 Å². The lowest BCUT2D eigenvalue weighted by Crippen LogP contribution is -2.43. The van der Waals surface area contributed by atoms with Crippen molar-refractivity contribution in [2.45, 2.75) is 31.6 Å². The van der Waals surface area contributed by atoms with Crippen molar-refractivity contribution in [1.29, 1.82) is 0 Å². The lowest BCUT2D eigenvalue weighted by Gasteiger charge is -2.35. The molecular formula is C18H24N4O2. The van der Waals surface area contributed by atoms with Crippen molar-refractivity contribution < 1.29 is 9.53 Å². The number of amides is 1. The molecule has 1 atom stereocenters. The zero-order valence-corrected chi connectivity index (χ0v) is 14.1. The number of carbonyl (C=O) groups is 1. The summed E-state index contributed by atoms with van der Waals surface area (Å²) in [5, 5.41) is 5.83. The highest BCUT2D eigenvalue weighted by Crippen LogP contribution is 2.32. The standard InChI is InChI=1S/C18H24N4O2/c1-21-17-15(5-2-8-19-17)16(20-21)14-4-3-9-22(12-14)18(23)13-6-10-24-11-7-13/h2,5,8,13-14H,3-4,6-7,9-12H2,1H3/t14-/m1/s1. The summed E-state index contributed by atoms with van der Waals surface area (Å²) in [6, 6.07) is 4.05. The van der Waals surface area contributed by atoms with Crippen molar-refractivity contribution in [3.05, 3.63) is 24.0 Å². The summed E-state index contributed by atoms with van der Waals surface area (Å²) in [4.78, 5) is 19.3. The Balaban J connectivity index is 1.55. The van der Waals surface area contributed by atoms with Gasteiger partial charge >= 0.3 is 0 Å². The van der Waals surface area contributed by atoms with Crippen LogP contribution in [0.1, 0.15) is 37.3 Å². The van der Waals surface area contributed by atoms with Crippen molar-refractivity contribution in [3.63, 3.8) is 0 Å². The van der Waals surface area contributed by atoms with Crippen LogP contribution in [0.2, 0.25) is 0 Å². The van der Waals surface area contributed by atoms with E-state index in [1.807, 2.05) is 17.8 Å². The molecule has 2 saturated heterocycles. The molecule has 2 aliphatic rings. The highest BCUT2D eigenvalue weighted by Gasteiger charge is 2.32. The van der Waals surface area contributed by atoms with Gasteiger partial charge in [-0.3, -0.25) is 9.48 Å². The maximum atomic E-state index is 12.8. The van der Waals surface area contributed by atoms with E-state index in [1.54, 1.807) is 6.20 Å². The zero-order chi connectivity index (χ0) is 16.5. The molecule has 6 nitrogen and oxygen atoms in total. The second-order valence-electron chi connectivity index (χ2n) is 6.89. The number of fused-ring (bicyclic) bond motifs is 1. The number of piperidine rings is 1. The molecule has 2 aromatic rings. The Kier molecular flexibility index (Phi) is 4.22. The molecular weight excluding hydrogens is 304 g/mol. The Hall–Kier alpha value is -1.95. The predicted molar refractivity (Wildman–Crippen MR) is 90.6 cm³/mol. The lowest BCUT2D eigenvalue weighted by atomic mass is 9.91. The highest BCUT2D eigenvalue weighted by molar-refractivity contribution is 5.80. The average Bonchev–Trinajstić information content (AvgIpc) is 2.99. The molecule has 0 N–H and O–H groups in total. The Morgan fingerprint density at radius 1 is 1.29 bits per heavy atom. The molecule has 24 heavy (non-hydrogen) atoms. The first kappa shape index (κ1) is 15.6. The van der Waals surface area contributed by atoms with E-state index in [0.717, 1.165) is 55.5 Å². The minimum Gasteiger partial charge on any atom is -0.381 e. The van der Waals surface area contributed by atoms with Gasteiger partial charge in [0.2, 0.25) is 5.91 Å². The van der Waals surface area contributed by atoms with Crippen LogP contribution in [0, 0.1) is 5.92 Å². The van der Waals surface area contributed by atoms with Crippen LogP contribution in [0.15, 0.2) is 18.3 Å². The summed E-state index contributed by atoms with van der Waals surface area (Å²) in [6.07, 6.45) is 5.64. The van der Waals surface area contributed by atoms with Gasteiger partial charge in [-0.1, -0.05) is 0 Å². The summed E-state index contributed by atoms with van der Waals surface area (Å²) >= 11 is 0. The third-order valence-corrected chi connectivity index (χ3v) is 5.32. The number of carbonyl (C=O) groups excluding carboxylic acids is 1. The minimum atomic E-state index is 0.139. The molecule has 0 spiro atoms. The molecule has 4 rings (SSSR count). The molecule has 0 unspecified atom stereocenters. The molecule has 0 saturated carbocycles. The smallest absolute Gasteiger partial charge is 0.225 e. The van der Waals surface area contributed by atoms with E-state index in [1.165, 1.54) is 0 Å². The summed E-state index contributed by atoms with van der Waals surface area (Å²) in [5.74, 6) is 0.747. The van der Waals surface area contributed by atoms with Crippen molar-refractivity contribution >= 4 is 16.9 Å². The van der Waals surface area contributed by atoms with Crippen LogP contribution in [0.3, 0.4) is 0 Å². The maximum absolute atomic E-state index is 12.8. The lowest BCUT2D eigenvalue weighted by molar-refractivity contribution is -0.139. The molecule has 6 heteroatoms. The predicted octanol–water partition coefficient (Wildman–Crippen LogP) is 2.10. The summed E-state index contributed by atoms with van der Waals surface area (Å²) in [7, 11) is 1.94. The van der Waals surface area contributed by atoms with E-state index >= 15 is 0 Å². The van der Waals surface area contributed by atoms with Crippen LogP contribution in [0.4, 0.5) is 0 Å². The topological polar surface area (TPSA) is 60.2 Å². The number of aromatic nitrogens is 3. The fourth-order valence-corrected chi connectivity index (χ4v) is 4.02. The first-order chi connectivity index (χ1) is 11.7. The molecule has 0 bridgehead atoms. The van der Waals surface area contributed by atoms with Crippen LogP contribution in [0.25, 0.3) is 11.0 Å². The zero-order valence-electron chi connectivity index (χ0n) is 14.1. The number of likely N-dealkylation sites (tertiary alicyclic amines) is 1. The van der Waals surface area contributed by atoms with Gasteiger partial charge in [-0.25, -0.2) is 4.98 Å². The molecule has 128 valence electrons. The second kappa shape index (κ2) is 6.51. The maximum Gasteiger partial charge on any atom is 0.225 e. The van der Waals surface area contributed by atoms with E-state index in [0.29, 0.717) is 25.0 Å². The van der Waals surface area contributed by atoms with Crippen molar-refractivity contribution in [1.82, 2.24) is 19.7 Å². The number of hydrogen-bond donors (Lipinski definition) is 0. The van der Waals surface area contributed by atoms with Gasteiger partial charge in [0.15, 0.2) is 5.65 Å². The number of pyridine rings is 1. The number of ether oxygens (including phenoxy) is 1. The monoisotopic (exact) mass is 328 g/mol. The highest BCUT2D eigenvalue weighted by atomic mass is 16.5. The van der Waals surface area contributed by atoms with Gasteiger partial charge in [0.05, 0.1) is 5.69 Å². The van der Waals surface area contributed by atoms with E-state index in [4.69, 9.17) is 9.84 Å². The van der Waals surface area contributed by atoms with Gasteiger partial charge in [-0.2, -0.15) is 5.10 Å². The summed E-state index contributed by atoms with van der Waals surface area (Å²) in [6.45, 7) is 3.07. The Bertz CT molecular complexity index is 736. The van der Waals surface area contributed by atoms with E-state index in [9.17, 15) is 4.79 Å². The molecule has 4 heterocycles. The number of hydrogen-bond acceptors (Lipinski definition) is 4. The largest absolute Gasteiger partial charge is 0.381 e. The Morgan fingerprint density at radius 2 is 2.12 bits per heavy atom. The quantitative estimate of drug-likeness (QED) is 0.847. The third kappa shape index (κ3) is 2.79. The van der Waals surface area contributed by atoms with E-state index < -0.39 is 0 Å². The van der Waals surface area contributed by atoms with Gasteiger partial charge in [0, 0.05) is 56.8 Å². The van der Waals surface area contributed by atoms with Gasteiger partial charge in [-0.05, 0) is 37.8 Å². The summed E-state index contributed by atoms with van der Waals surface area (Å²) in [5.41, 5.74) is 2.01. The average molecular weight is 328 g/mol. The van der Waals surface area contributed by atoms with Gasteiger partial charge in [-0.15, -0.1) is 0 Å². The van der Waals surface area contributed by atoms with E-state index in [-0.39, 0.29) is 5.92 Å². The third-order valence-electron chi connectivity index (χ3n) is 5.32. The first-order valence-corrected chi connectivity index (χ1v) is 8.88. The van der Waals surface area contributed by atoms with Crippen LogP contribution >= 0.6 is 0 Å².